The van der Waals surface area contributed by atoms with Gasteiger partial charge in [-0.3, -0.25) is 9.48 Å². The monoisotopic (exact) mass is 383 g/mol. The molecule has 0 radical (unpaired) electrons. The van der Waals surface area contributed by atoms with E-state index >= 15 is 0 Å². The van der Waals surface area contributed by atoms with Crippen LogP contribution in [0.15, 0.2) is 71.9 Å². The van der Waals surface area contributed by atoms with Crippen molar-refractivity contribution in [2.75, 3.05) is 6.26 Å². The maximum absolute atomic E-state index is 12.5. The van der Waals surface area contributed by atoms with Gasteiger partial charge in [-0.2, -0.15) is 5.10 Å². The molecule has 1 atom stereocenters. The predicted octanol–water partition coefficient (Wildman–Crippen LogP) is 2.83. The van der Waals surface area contributed by atoms with Gasteiger partial charge < -0.3 is 5.32 Å². The van der Waals surface area contributed by atoms with E-state index in [1.54, 1.807) is 35.1 Å². The van der Waals surface area contributed by atoms with Crippen molar-refractivity contribution in [3.8, 4) is 0 Å². The number of hydrogen-bond donors (Lipinski definition) is 1. The van der Waals surface area contributed by atoms with Crippen LogP contribution in [0.4, 0.5) is 0 Å². The van der Waals surface area contributed by atoms with E-state index in [9.17, 15) is 13.2 Å². The molecule has 0 bridgehead atoms. The van der Waals surface area contributed by atoms with Crippen LogP contribution in [0.25, 0.3) is 0 Å². The van der Waals surface area contributed by atoms with Gasteiger partial charge in [-0.1, -0.05) is 42.5 Å². The van der Waals surface area contributed by atoms with Crippen LogP contribution in [0.5, 0.6) is 0 Å². The SMILES string of the molecule is C[C@H](NC(=O)c1cnn(Cc2ccccc2)c1)c1ccc(S(C)(=O)=O)cc1. The van der Waals surface area contributed by atoms with E-state index in [4.69, 9.17) is 0 Å². The second kappa shape index (κ2) is 7.75. The van der Waals surface area contributed by atoms with E-state index in [1.165, 1.54) is 12.5 Å². The Morgan fingerprint density at radius 1 is 1.11 bits per heavy atom. The summed E-state index contributed by atoms with van der Waals surface area (Å²) < 4.78 is 24.8. The molecule has 1 heterocycles. The fourth-order valence-corrected chi connectivity index (χ4v) is 3.34. The summed E-state index contributed by atoms with van der Waals surface area (Å²) in [5.41, 5.74) is 2.41. The van der Waals surface area contributed by atoms with Crippen LogP contribution < -0.4 is 5.32 Å². The minimum Gasteiger partial charge on any atom is -0.345 e. The summed E-state index contributed by atoms with van der Waals surface area (Å²) in [6.45, 7) is 2.44. The highest BCUT2D eigenvalue weighted by atomic mass is 32.2. The third kappa shape index (κ3) is 4.83. The van der Waals surface area contributed by atoms with Gasteiger partial charge in [-0.25, -0.2) is 8.42 Å². The molecular weight excluding hydrogens is 362 g/mol. The average molecular weight is 383 g/mol. The fourth-order valence-electron chi connectivity index (χ4n) is 2.70. The molecule has 0 aliphatic carbocycles. The molecule has 0 fully saturated rings. The number of carbonyl (C=O) groups is 1. The second-order valence-corrected chi connectivity index (χ2v) is 8.46. The average Bonchev–Trinajstić information content (AvgIpc) is 3.10. The standard InChI is InChI=1S/C20H21N3O3S/c1-15(17-8-10-19(11-9-17)27(2,25)26)22-20(24)18-12-21-23(14-18)13-16-6-4-3-5-7-16/h3-12,14-15H,13H2,1-2H3,(H,22,24)/t15-/m0/s1. The van der Waals surface area contributed by atoms with Crippen LogP contribution >= 0.6 is 0 Å². The quantitative estimate of drug-likeness (QED) is 0.710. The molecule has 2 aromatic carbocycles. The number of rotatable bonds is 6. The number of nitrogens with one attached hydrogen (secondary N) is 1. The first kappa shape index (κ1) is 18.8. The van der Waals surface area contributed by atoms with Gasteiger partial charge >= 0.3 is 0 Å². The van der Waals surface area contributed by atoms with E-state index in [2.05, 4.69) is 10.4 Å². The zero-order valence-electron chi connectivity index (χ0n) is 15.2. The van der Waals surface area contributed by atoms with E-state index in [-0.39, 0.29) is 16.8 Å². The Balaban J connectivity index is 1.65. The van der Waals surface area contributed by atoms with Crippen LogP contribution in [-0.2, 0) is 16.4 Å². The Labute approximate surface area is 158 Å². The molecule has 0 saturated carbocycles. The molecule has 140 valence electrons. The summed E-state index contributed by atoms with van der Waals surface area (Å²) in [4.78, 5) is 12.7. The van der Waals surface area contributed by atoms with Crippen LogP contribution in [0.3, 0.4) is 0 Å². The largest absolute Gasteiger partial charge is 0.345 e. The van der Waals surface area contributed by atoms with Crippen molar-refractivity contribution in [3.63, 3.8) is 0 Å². The number of carbonyl (C=O) groups excluding carboxylic acids is 1. The molecule has 0 spiro atoms. The molecule has 0 saturated heterocycles. The molecule has 0 unspecified atom stereocenters. The molecule has 6 nitrogen and oxygen atoms in total. The van der Waals surface area contributed by atoms with Crippen molar-refractivity contribution in [2.45, 2.75) is 24.4 Å². The van der Waals surface area contributed by atoms with Crippen LogP contribution in [-0.4, -0.2) is 30.4 Å². The number of benzene rings is 2. The maximum atomic E-state index is 12.5. The summed E-state index contributed by atoms with van der Waals surface area (Å²) in [5.74, 6) is -0.228. The highest BCUT2D eigenvalue weighted by Gasteiger charge is 2.14. The Kier molecular flexibility index (Phi) is 5.41. The number of sulfone groups is 1. The summed E-state index contributed by atoms with van der Waals surface area (Å²) in [7, 11) is -3.23. The molecule has 3 rings (SSSR count). The summed E-state index contributed by atoms with van der Waals surface area (Å²) in [6.07, 6.45) is 4.42. The van der Waals surface area contributed by atoms with E-state index in [1.807, 2.05) is 37.3 Å². The van der Waals surface area contributed by atoms with Crippen molar-refractivity contribution < 1.29 is 13.2 Å². The van der Waals surface area contributed by atoms with Gasteiger partial charge in [0.15, 0.2) is 9.84 Å². The molecule has 7 heteroatoms. The lowest BCUT2D eigenvalue weighted by molar-refractivity contribution is 0.0939. The molecule has 0 aliphatic heterocycles. The van der Waals surface area contributed by atoms with Gasteiger partial charge in [0.2, 0.25) is 0 Å². The molecule has 1 N–H and O–H groups in total. The van der Waals surface area contributed by atoms with E-state index in [0.717, 1.165) is 11.1 Å². The molecule has 3 aromatic rings. The van der Waals surface area contributed by atoms with Gasteiger partial charge in [-0.05, 0) is 30.2 Å². The fraction of sp³-hybridized carbons (Fsp3) is 0.200. The van der Waals surface area contributed by atoms with Crippen molar-refractivity contribution in [3.05, 3.63) is 83.7 Å². The minimum absolute atomic E-state index is 0.228. The first-order chi connectivity index (χ1) is 12.8. The Hall–Kier alpha value is -2.93. The molecule has 27 heavy (non-hydrogen) atoms. The lowest BCUT2D eigenvalue weighted by Gasteiger charge is -2.14. The lowest BCUT2D eigenvalue weighted by Crippen LogP contribution is -2.26. The van der Waals surface area contributed by atoms with Gasteiger partial charge in [0, 0.05) is 12.5 Å². The summed E-state index contributed by atoms with van der Waals surface area (Å²) in [5, 5.41) is 7.15. The van der Waals surface area contributed by atoms with Gasteiger partial charge in [0.25, 0.3) is 5.91 Å². The lowest BCUT2D eigenvalue weighted by atomic mass is 10.1. The number of hydrogen-bond acceptors (Lipinski definition) is 4. The highest BCUT2D eigenvalue weighted by Crippen LogP contribution is 2.17. The van der Waals surface area contributed by atoms with Gasteiger partial charge in [-0.15, -0.1) is 0 Å². The normalized spacial score (nSPS) is 12.5. The number of amides is 1. The number of nitrogens with zero attached hydrogens (tertiary/aromatic N) is 2. The summed E-state index contributed by atoms with van der Waals surface area (Å²) >= 11 is 0. The maximum Gasteiger partial charge on any atom is 0.254 e. The molecular formula is C20H21N3O3S. The zero-order chi connectivity index (χ0) is 19.4. The highest BCUT2D eigenvalue weighted by molar-refractivity contribution is 7.90. The minimum atomic E-state index is -3.23. The summed E-state index contributed by atoms with van der Waals surface area (Å²) in [6, 6.07) is 16.1. The van der Waals surface area contributed by atoms with E-state index < -0.39 is 9.84 Å². The number of aromatic nitrogens is 2. The van der Waals surface area contributed by atoms with Gasteiger partial charge in [0.1, 0.15) is 0 Å². The Morgan fingerprint density at radius 2 is 1.78 bits per heavy atom. The molecule has 1 amide bonds. The smallest absolute Gasteiger partial charge is 0.254 e. The van der Waals surface area contributed by atoms with Crippen LogP contribution in [0.1, 0.15) is 34.5 Å². The zero-order valence-corrected chi connectivity index (χ0v) is 16.0. The first-order valence-corrected chi connectivity index (χ1v) is 10.4. The second-order valence-electron chi connectivity index (χ2n) is 6.45. The van der Waals surface area contributed by atoms with E-state index in [0.29, 0.717) is 12.1 Å². The Bertz CT molecular complexity index is 1030. The third-order valence-corrected chi connectivity index (χ3v) is 5.37. The van der Waals surface area contributed by atoms with Crippen molar-refractivity contribution in [1.82, 2.24) is 15.1 Å². The molecule has 1 aromatic heterocycles. The van der Waals surface area contributed by atoms with Crippen molar-refractivity contribution in [2.24, 2.45) is 0 Å². The van der Waals surface area contributed by atoms with Gasteiger partial charge in [0.05, 0.1) is 29.2 Å². The topological polar surface area (TPSA) is 81.1 Å². The Morgan fingerprint density at radius 3 is 2.41 bits per heavy atom. The molecule has 0 aliphatic rings. The first-order valence-electron chi connectivity index (χ1n) is 8.50. The predicted molar refractivity (Wildman–Crippen MR) is 103 cm³/mol. The third-order valence-electron chi connectivity index (χ3n) is 4.24. The van der Waals surface area contributed by atoms with Crippen molar-refractivity contribution in [1.29, 1.82) is 0 Å². The van der Waals surface area contributed by atoms with Crippen molar-refractivity contribution >= 4 is 15.7 Å². The van der Waals surface area contributed by atoms with Crippen LogP contribution in [0, 0.1) is 0 Å². The van der Waals surface area contributed by atoms with Crippen LogP contribution in [0.2, 0.25) is 0 Å².